The molecule has 1 aromatic heterocycles. The van der Waals surface area contributed by atoms with Crippen molar-refractivity contribution in [2.75, 3.05) is 0 Å². The summed E-state index contributed by atoms with van der Waals surface area (Å²) in [5.74, 6) is 0.100. The fraction of sp³-hybridized carbons (Fsp3) is 0.688. The summed E-state index contributed by atoms with van der Waals surface area (Å²) < 4.78 is 1.98. The maximum Gasteiger partial charge on any atom is 0.153 e. The van der Waals surface area contributed by atoms with E-state index in [0.717, 1.165) is 31.4 Å². The Morgan fingerprint density at radius 2 is 2.20 bits per heavy atom. The van der Waals surface area contributed by atoms with Gasteiger partial charge in [0.1, 0.15) is 5.41 Å². The zero-order valence-electron chi connectivity index (χ0n) is 12.4. The van der Waals surface area contributed by atoms with Crippen LogP contribution < -0.4 is 0 Å². The highest BCUT2D eigenvalue weighted by Crippen LogP contribution is 2.35. The molecular weight excluding hydrogens is 250 g/mol. The van der Waals surface area contributed by atoms with Crippen molar-refractivity contribution in [1.82, 2.24) is 9.78 Å². The summed E-state index contributed by atoms with van der Waals surface area (Å²) in [6.07, 6.45) is 7.64. The van der Waals surface area contributed by atoms with Crippen LogP contribution in [0.1, 0.15) is 64.1 Å². The van der Waals surface area contributed by atoms with Crippen LogP contribution in [0.3, 0.4) is 0 Å². The summed E-state index contributed by atoms with van der Waals surface area (Å²) in [5, 5.41) is 14.1. The minimum Gasteiger partial charge on any atom is -0.298 e. The van der Waals surface area contributed by atoms with Crippen molar-refractivity contribution in [2.45, 2.75) is 64.8 Å². The maximum absolute atomic E-state index is 12.1. The molecule has 0 bridgehead atoms. The topological polar surface area (TPSA) is 58.7 Å². The monoisotopic (exact) mass is 273 g/mol. The van der Waals surface area contributed by atoms with Crippen LogP contribution in [0.15, 0.2) is 12.3 Å². The van der Waals surface area contributed by atoms with Crippen LogP contribution in [-0.2, 0) is 11.2 Å². The van der Waals surface area contributed by atoms with E-state index in [2.05, 4.69) is 25.0 Å². The van der Waals surface area contributed by atoms with Crippen molar-refractivity contribution in [2.24, 2.45) is 5.41 Å². The van der Waals surface area contributed by atoms with E-state index in [9.17, 15) is 10.1 Å². The van der Waals surface area contributed by atoms with Crippen LogP contribution in [0.4, 0.5) is 0 Å². The standard InChI is InChI=1S/C16H23N3O/c1-3-14(4-2)19-10-8-13(18-19)11-16(12-17)9-6-5-7-15(16)20/h8,10,14H,3-7,9,11H2,1-2H3. The average Bonchev–Trinajstić information content (AvgIpc) is 2.91. The molecule has 1 fully saturated rings. The van der Waals surface area contributed by atoms with Gasteiger partial charge in [-0.1, -0.05) is 20.3 Å². The van der Waals surface area contributed by atoms with E-state index in [0.29, 0.717) is 25.3 Å². The third-order valence-corrected chi connectivity index (χ3v) is 4.47. The smallest absolute Gasteiger partial charge is 0.153 e. The molecule has 1 unspecified atom stereocenters. The lowest BCUT2D eigenvalue weighted by Crippen LogP contribution is -2.35. The van der Waals surface area contributed by atoms with E-state index in [-0.39, 0.29) is 5.78 Å². The molecule has 1 aromatic rings. The molecule has 0 radical (unpaired) electrons. The molecule has 1 atom stereocenters. The summed E-state index contributed by atoms with van der Waals surface area (Å²) in [6, 6.07) is 4.65. The molecule has 1 heterocycles. The Morgan fingerprint density at radius 3 is 2.80 bits per heavy atom. The molecule has 0 spiro atoms. The molecule has 1 saturated carbocycles. The van der Waals surface area contributed by atoms with Gasteiger partial charge in [-0.2, -0.15) is 10.4 Å². The first-order valence-corrected chi connectivity index (χ1v) is 7.63. The lowest BCUT2D eigenvalue weighted by Gasteiger charge is -2.28. The molecule has 0 amide bonds. The molecule has 108 valence electrons. The number of hydrogen-bond donors (Lipinski definition) is 0. The number of aromatic nitrogens is 2. The maximum atomic E-state index is 12.1. The van der Waals surface area contributed by atoms with E-state index in [4.69, 9.17) is 0 Å². The van der Waals surface area contributed by atoms with E-state index < -0.39 is 5.41 Å². The van der Waals surface area contributed by atoms with Crippen LogP contribution >= 0.6 is 0 Å². The molecule has 2 rings (SSSR count). The highest BCUT2D eigenvalue weighted by molar-refractivity contribution is 5.88. The highest BCUT2D eigenvalue weighted by Gasteiger charge is 2.40. The first kappa shape index (κ1) is 14.8. The van der Waals surface area contributed by atoms with E-state index in [1.165, 1.54) is 0 Å². The lowest BCUT2D eigenvalue weighted by molar-refractivity contribution is -0.128. The normalized spacial score (nSPS) is 23.0. The Labute approximate surface area is 120 Å². The van der Waals surface area contributed by atoms with E-state index in [1.54, 1.807) is 0 Å². The predicted octanol–water partition coefficient (Wildman–Crippen LogP) is 3.44. The molecular formula is C16H23N3O. The minimum atomic E-state index is -0.828. The fourth-order valence-corrected chi connectivity index (χ4v) is 3.08. The number of hydrogen-bond acceptors (Lipinski definition) is 3. The number of nitriles is 1. The highest BCUT2D eigenvalue weighted by atomic mass is 16.1. The van der Waals surface area contributed by atoms with Crippen molar-refractivity contribution in [1.29, 1.82) is 5.26 Å². The largest absolute Gasteiger partial charge is 0.298 e. The van der Waals surface area contributed by atoms with Gasteiger partial charge >= 0.3 is 0 Å². The first-order chi connectivity index (χ1) is 9.65. The minimum absolute atomic E-state index is 0.100. The van der Waals surface area contributed by atoms with Gasteiger partial charge in [0.2, 0.25) is 0 Å². The van der Waals surface area contributed by atoms with Gasteiger partial charge in [-0.25, -0.2) is 0 Å². The molecule has 0 N–H and O–H groups in total. The predicted molar refractivity (Wildman–Crippen MR) is 77.1 cm³/mol. The van der Waals surface area contributed by atoms with Gasteiger partial charge in [0.25, 0.3) is 0 Å². The third-order valence-electron chi connectivity index (χ3n) is 4.47. The van der Waals surface area contributed by atoms with Crippen molar-refractivity contribution in [3.05, 3.63) is 18.0 Å². The molecule has 4 heteroatoms. The second-order valence-corrected chi connectivity index (χ2v) is 5.76. The molecule has 0 aliphatic heterocycles. The average molecular weight is 273 g/mol. The van der Waals surface area contributed by atoms with Crippen molar-refractivity contribution >= 4 is 5.78 Å². The molecule has 0 saturated heterocycles. The summed E-state index contributed by atoms with van der Waals surface area (Å²) in [7, 11) is 0. The number of rotatable bonds is 5. The molecule has 0 aromatic carbocycles. The zero-order valence-corrected chi connectivity index (χ0v) is 12.4. The first-order valence-electron chi connectivity index (χ1n) is 7.63. The quantitative estimate of drug-likeness (QED) is 0.825. The van der Waals surface area contributed by atoms with Gasteiger partial charge in [-0.3, -0.25) is 9.48 Å². The van der Waals surface area contributed by atoms with E-state index in [1.807, 2.05) is 16.9 Å². The van der Waals surface area contributed by atoms with Crippen molar-refractivity contribution in [3.63, 3.8) is 0 Å². The zero-order chi connectivity index (χ0) is 14.6. The Morgan fingerprint density at radius 1 is 1.45 bits per heavy atom. The number of carbonyl (C=O) groups is 1. The second kappa shape index (κ2) is 6.21. The number of nitrogens with zero attached hydrogens (tertiary/aromatic N) is 3. The third kappa shape index (κ3) is 2.77. The molecule has 20 heavy (non-hydrogen) atoms. The van der Waals surface area contributed by atoms with Crippen molar-refractivity contribution in [3.8, 4) is 6.07 Å². The number of ketones is 1. The molecule has 1 aliphatic rings. The van der Waals surface area contributed by atoms with Crippen LogP contribution in [-0.4, -0.2) is 15.6 Å². The van der Waals surface area contributed by atoms with Gasteiger partial charge in [-0.05, 0) is 31.7 Å². The SMILES string of the molecule is CCC(CC)n1ccc(CC2(C#N)CCCCC2=O)n1. The van der Waals surface area contributed by atoms with Gasteiger partial charge < -0.3 is 0 Å². The van der Waals surface area contributed by atoms with Crippen LogP contribution in [0, 0.1) is 16.7 Å². The summed E-state index contributed by atoms with van der Waals surface area (Å²) in [6.45, 7) is 4.30. The Balaban J connectivity index is 2.17. The van der Waals surface area contributed by atoms with Crippen LogP contribution in [0.2, 0.25) is 0 Å². The van der Waals surface area contributed by atoms with Gasteiger partial charge in [0.05, 0.1) is 17.8 Å². The van der Waals surface area contributed by atoms with Gasteiger partial charge in [0, 0.05) is 19.0 Å². The summed E-state index contributed by atoms with van der Waals surface area (Å²) >= 11 is 0. The van der Waals surface area contributed by atoms with Gasteiger partial charge in [0.15, 0.2) is 5.78 Å². The van der Waals surface area contributed by atoms with Crippen LogP contribution in [0.25, 0.3) is 0 Å². The van der Waals surface area contributed by atoms with Gasteiger partial charge in [-0.15, -0.1) is 0 Å². The number of carbonyl (C=O) groups excluding carboxylic acids is 1. The Kier molecular flexibility index (Phi) is 4.59. The fourth-order valence-electron chi connectivity index (χ4n) is 3.08. The van der Waals surface area contributed by atoms with E-state index >= 15 is 0 Å². The summed E-state index contributed by atoms with van der Waals surface area (Å²) in [5.41, 5.74) is 0.0412. The Hall–Kier alpha value is -1.63. The Bertz CT molecular complexity index is 510. The molecule has 4 nitrogen and oxygen atoms in total. The lowest BCUT2D eigenvalue weighted by atomic mass is 9.71. The molecule has 1 aliphatic carbocycles. The number of Topliss-reactive ketones (excluding diaryl/α,β-unsaturated/α-hetero) is 1. The summed E-state index contributed by atoms with van der Waals surface area (Å²) in [4.78, 5) is 12.1. The van der Waals surface area contributed by atoms with Crippen LogP contribution in [0.5, 0.6) is 0 Å². The van der Waals surface area contributed by atoms with Crippen molar-refractivity contribution < 1.29 is 4.79 Å². The second-order valence-electron chi connectivity index (χ2n) is 5.76.